The zero-order chi connectivity index (χ0) is 16.2. The summed E-state index contributed by atoms with van der Waals surface area (Å²) >= 11 is 5.99. The van der Waals surface area contributed by atoms with Gasteiger partial charge in [-0.2, -0.15) is 13.2 Å². The molecule has 0 N–H and O–H groups in total. The molecule has 0 fully saturated rings. The first-order valence-electron chi connectivity index (χ1n) is 6.07. The normalized spacial score (nSPS) is 13.6. The summed E-state index contributed by atoms with van der Waals surface area (Å²) in [5.41, 5.74) is 0.614. The fourth-order valence-electron chi connectivity index (χ4n) is 1.59. The van der Waals surface area contributed by atoms with E-state index in [1.54, 1.807) is 24.3 Å². The SMILES string of the molecule is FC(/C=C/C(F)(F)F)=C/C=C/c1nc(Cl)c2ccccc2n1. The van der Waals surface area contributed by atoms with Gasteiger partial charge in [-0.1, -0.05) is 29.8 Å². The zero-order valence-corrected chi connectivity index (χ0v) is 11.7. The molecule has 22 heavy (non-hydrogen) atoms. The fourth-order valence-corrected chi connectivity index (χ4v) is 1.83. The molecule has 0 bridgehead atoms. The average Bonchev–Trinajstić information content (AvgIpc) is 2.44. The highest BCUT2D eigenvalue weighted by molar-refractivity contribution is 6.34. The van der Waals surface area contributed by atoms with Gasteiger partial charge in [0.15, 0.2) is 5.82 Å². The highest BCUT2D eigenvalue weighted by Gasteiger charge is 2.21. The van der Waals surface area contributed by atoms with Gasteiger partial charge in [0, 0.05) is 11.5 Å². The lowest BCUT2D eigenvalue weighted by molar-refractivity contribution is -0.0799. The Morgan fingerprint density at radius 1 is 1.14 bits per heavy atom. The third-order valence-corrected chi connectivity index (χ3v) is 2.79. The number of hydrogen-bond acceptors (Lipinski definition) is 2. The van der Waals surface area contributed by atoms with E-state index in [1.165, 1.54) is 12.2 Å². The maximum absolute atomic E-state index is 13.1. The number of rotatable bonds is 3. The molecular formula is C15H9ClF4N2. The number of halogens is 5. The van der Waals surface area contributed by atoms with Crippen molar-refractivity contribution in [1.29, 1.82) is 0 Å². The highest BCUT2D eigenvalue weighted by Crippen LogP contribution is 2.20. The van der Waals surface area contributed by atoms with Gasteiger partial charge in [0.05, 0.1) is 5.52 Å². The molecule has 1 aromatic heterocycles. The molecule has 0 saturated carbocycles. The van der Waals surface area contributed by atoms with Crippen molar-refractivity contribution in [2.75, 3.05) is 0 Å². The van der Waals surface area contributed by atoms with E-state index < -0.39 is 12.0 Å². The van der Waals surface area contributed by atoms with Crippen molar-refractivity contribution in [3.05, 3.63) is 65.4 Å². The van der Waals surface area contributed by atoms with Crippen LogP contribution in [-0.2, 0) is 0 Å². The average molecular weight is 329 g/mol. The van der Waals surface area contributed by atoms with Crippen LogP contribution in [0.1, 0.15) is 5.82 Å². The number of hydrogen-bond donors (Lipinski definition) is 0. The minimum absolute atomic E-state index is 0.184. The maximum Gasteiger partial charge on any atom is 0.409 e. The van der Waals surface area contributed by atoms with Crippen LogP contribution >= 0.6 is 11.6 Å². The summed E-state index contributed by atoms with van der Waals surface area (Å²) in [6.45, 7) is 0. The van der Waals surface area contributed by atoms with Gasteiger partial charge in [-0.15, -0.1) is 0 Å². The van der Waals surface area contributed by atoms with Crippen LogP contribution in [0.15, 0.2) is 54.4 Å². The molecule has 2 nitrogen and oxygen atoms in total. The van der Waals surface area contributed by atoms with E-state index >= 15 is 0 Å². The van der Waals surface area contributed by atoms with Crippen molar-refractivity contribution >= 4 is 28.6 Å². The summed E-state index contributed by atoms with van der Waals surface area (Å²) in [6, 6.07) is 7.06. The minimum Gasteiger partial charge on any atom is -0.229 e. The van der Waals surface area contributed by atoms with Crippen molar-refractivity contribution in [1.82, 2.24) is 9.97 Å². The van der Waals surface area contributed by atoms with Crippen molar-refractivity contribution in [3.63, 3.8) is 0 Å². The van der Waals surface area contributed by atoms with Crippen LogP contribution in [-0.4, -0.2) is 16.1 Å². The van der Waals surface area contributed by atoms with E-state index in [0.717, 1.165) is 6.08 Å². The molecule has 0 aliphatic heterocycles. The molecule has 0 saturated heterocycles. The van der Waals surface area contributed by atoms with E-state index in [0.29, 0.717) is 17.0 Å². The molecule has 2 aromatic rings. The molecule has 0 spiro atoms. The lowest BCUT2D eigenvalue weighted by Gasteiger charge is -2.00. The first-order chi connectivity index (χ1) is 10.3. The van der Waals surface area contributed by atoms with Crippen molar-refractivity contribution in [2.24, 2.45) is 0 Å². The highest BCUT2D eigenvalue weighted by atomic mass is 35.5. The molecule has 0 unspecified atom stereocenters. The van der Waals surface area contributed by atoms with Crippen LogP contribution in [0, 0.1) is 0 Å². The Labute approximate surface area is 128 Å². The molecule has 0 atom stereocenters. The standard InChI is InChI=1S/C15H9ClF4N2/c16-14-11-5-1-2-6-12(11)21-13(22-14)7-3-4-10(17)8-9-15(18,19)20/h1-9H/b7-3+,9-8+,10-4+. The second kappa shape index (κ2) is 6.70. The summed E-state index contributed by atoms with van der Waals surface area (Å²) in [4.78, 5) is 8.19. The Morgan fingerprint density at radius 2 is 1.86 bits per heavy atom. The van der Waals surface area contributed by atoms with E-state index in [9.17, 15) is 17.6 Å². The topological polar surface area (TPSA) is 25.8 Å². The molecule has 7 heteroatoms. The van der Waals surface area contributed by atoms with Crippen molar-refractivity contribution < 1.29 is 17.6 Å². The van der Waals surface area contributed by atoms with Crippen LogP contribution in [0.4, 0.5) is 17.6 Å². The lowest BCUT2D eigenvalue weighted by atomic mass is 10.2. The van der Waals surface area contributed by atoms with Gasteiger partial charge in [0.2, 0.25) is 0 Å². The molecule has 2 rings (SSSR count). The monoisotopic (exact) mass is 328 g/mol. The van der Waals surface area contributed by atoms with Gasteiger partial charge >= 0.3 is 6.18 Å². The number of benzene rings is 1. The third-order valence-electron chi connectivity index (χ3n) is 2.51. The number of aromatic nitrogens is 2. The van der Waals surface area contributed by atoms with Crippen LogP contribution in [0.5, 0.6) is 0 Å². The van der Waals surface area contributed by atoms with Crippen LogP contribution < -0.4 is 0 Å². The predicted octanol–water partition coefficient (Wildman–Crippen LogP) is 5.27. The van der Waals surface area contributed by atoms with E-state index in [2.05, 4.69) is 9.97 Å². The molecule has 1 heterocycles. The van der Waals surface area contributed by atoms with E-state index in [1.807, 2.05) is 0 Å². The van der Waals surface area contributed by atoms with Crippen LogP contribution in [0.2, 0.25) is 5.15 Å². The third kappa shape index (κ3) is 4.66. The van der Waals surface area contributed by atoms with Crippen LogP contribution in [0.25, 0.3) is 17.0 Å². The van der Waals surface area contributed by atoms with Gasteiger partial charge in [0.1, 0.15) is 11.0 Å². The second-order valence-electron chi connectivity index (χ2n) is 4.18. The summed E-state index contributed by atoms with van der Waals surface area (Å²) in [6.07, 6.45) is -0.983. The lowest BCUT2D eigenvalue weighted by Crippen LogP contribution is -2.00. The smallest absolute Gasteiger partial charge is 0.229 e. The summed E-state index contributed by atoms with van der Waals surface area (Å²) in [5.74, 6) is -0.812. The van der Waals surface area contributed by atoms with Gasteiger partial charge in [0.25, 0.3) is 0 Å². The number of para-hydroxylation sites is 1. The van der Waals surface area contributed by atoms with Gasteiger partial charge < -0.3 is 0 Å². The zero-order valence-electron chi connectivity index (χ0n) is 11.0. The summed E-state index contributed by atoms with van der Waals surface area (Å²) in [5, 5.41) is 0.919. The van der Waals surface area contributed by atoms with E-state index in [-0.39, 0.29) is 17.1 Å². The largest absolute Gasteiger partial charge is 0.409 e. The molecule has 114 valence electrons. The Hall–Kier alpha value is -2.21. The van der Waals surface area contributed by atoms with Gasteiger partial charge in [-0.3, -0.25) is 0 Å². The fraction of sp³-hybridized carbons (Fsp3) is 0.0667. The molecule has 1 aromatic carbocycles. The Morgan fingerprint density at radius 3 is 2.59 bits per heavy atom. The summed E-state index contributed by atoms with van der Waals surface area (Å²) < 4.78 is 48.7. The number of allylic oxidation sites excluding steroid dienone is 5. The van der Waals surface area contributed by atoms with Crippen molar-refractivity contribution in [3.8, 4) is 0 Å². The molecule has 0 radical (unpaired) electrons. The minimum atomic E-state index is -4.55. The molecule has 0 amide bonds. The summed E-state index contributed by atoms with van der Waals surface area (Å²) in [7, 11) is 0. The van der Waals surface area contributed by atoms with Crippen LogP contribution in [0.3, 0.4) is 0 Å². The quantitative estimate of drug-likeness (QED) is 0.436. The molecular weight excluding hydrogens is 320 g/mol. The first-order valence-corrected chi connectivity index (χ1v) is 6.45. The molecule has 0 aliphatic carbocycles. The van der Waals surface area contributed by atoms with Gasteiger partial charge in [-0.25, -0.2) is 14.4 Å². The Balaban J connectivity index is 2.18. The number of alkyl halides is 3. The maximum atomic E-state index is 13.1. The van der Waals surface area contributed by atoms with Gasteiger partial charge in [-0.05, 0) is 30.4 Å². The Bertz CT molecular complexity index is 764. The number of nitrogens with zero attached hydrogens (tertiary/aromatic N) is 2. The van der Waals surface area contributed by atoms with E-state index in [4.69, 9.17) is 11.6 Å². The Kier molecular flexibility index (Phi) is 4.92. The second-order valence-corrected chi connectivity index (χ2v) is 4.53. The van der Waals surface area contributed by atoms with Crippen molar-refractivity contribution in [2.45, 2.75) is 6.18 Å². The number of fused-ring (bicyclic) bond motifs is 1. The predicted molar refractivity (Wildman–Crippen MR) is 78.0 cm³/mol. The molecule has 0 aliphatic rings. The first kappa shape index (κ1) is 16.2.